The number of thiophene rings is 1. The SMILES string of the molecule is O=C(c1ccccc1)c1sc2ccncc2c1O. The van der Waals surface area contributed by atoms with E-state index in [1.165, 1.54) is 11.3 Å². The predicted octanol–water partition coefficient (Wildman–Crippen LogP) is 3.23. The van der Waals surface area contributed by atoms with Gasteiger partial charge < -0.3 is 5.11 Å². The topological polar surface area (TPSA) is 50.2 Å². The van der Waals surface area contributed by atoms with Crippen LogP contribution in [-0.2, 0) is 0 Å². The molecule has 0 aliphatic rings. The monoisotopic (exact) mass is 255 g/mol. The molecule has 18 heavy (non-hydrogen) atoms. The van der Waals surface area contributed by atoms with Crippen LogP contribution in [0.25, 0.3) is 10.1 Å². The summed E-state index contributed by atoms with van der Waals surface area (Å²) in [5, 5.41) is 10.7. The van der Waals surface area contributed by atoms with E-state index in [2.05, 4.69) is 4.98 Å². The summed E-state index contributed by atoms with van der Waals surface area (Å²) in [5.41, 5.74) is 0.576. The van der Waals surface area contributed by atoms with Gasteiger partial charge >= 0.3 is 0 Å². The quantitative estimate of drug-likeness (QED) is 0.715. The Bertz CT molecular complexity index is 719. The third kappa shape index (κ3) is 1.67. The van der Waals surface area contributed by atoms with Gasteiger partial charge in [-0.1, -0.05) is 30.3 Å². The van der Waals surface area contributed by atoms with Crippen LogP contribution in [-0.4, -0.2) is 15.9 Å². The fourth-order valence-corrected chi connectivity index (χ4v) is 2.83. The van der Waals surface area contributed by atoms with Gasteiger partial charge in [0.15, 0.2) is 0 Å². The molecule has 1 N–H and O–H groups in total. The fraction of sp³-hybridized carbons (Fsp3) is 0. The van der Waals surface area contributed by atoms with Gasteiger partial charge in [-0.15, -0.1) is 11.3 Å². The van der Waals surface area contributed by atoms with Gasteiger partial charge in [0.2, 0.25) is 5.78 Å². The number of carbonyl (C=O) groups is 1. The molecule has 2 heterocycles. The van der Waals surface area contributed by atoms with Gasteiger partial charge in [-0.3, -0.25) is 9.78 Å². The first-order valence-electron chi connectivity index (χ1n) is 5.42. The third-order valence-corrected chi connectivity index (χ3v) is 3.86. The second-order valence-electron chi connectivity index (χ2n) is 3.85. The van der Waals surface area contributed by atoms with E-state index in [4.69, 9.17) is 0 Å². The molecule has 0 fully saturated rings. The Morgan fingerprint density at radius 3 is 2.67 bits per heavy atom. The molecular weight excluding hydrogens is 246 g/mol. The van der Waals surface area contributed by atoms with E-state index in [1.54, 1.807) is 42.7 Å². The smallest absolute Gasteiger partial charge is 0.206 e. The zero-order valence-corrected chi connectivity index (χ0v) is 10.1. The normalized spacial score (nSPS) is 10.7. The molecule has 88 valence electrons. The van der Waals surface area contributed by atoms with Crippen molar-refractivity contribution in [2.24, 2.45) is 0 Å². The summed E-state index contributed by atoms with van der Waals surface area (Å²) in [7, 11) is 0. The molecule has 0 unspecified atom stereocenters. The molecule has 4 heteroatoms. The van der Waals surface area contributed by atoms with Gasteiger partial charge in [-0.2, -0.15) is 0 Å². The molecular formula is C14H9NO2S. The molecule has 0 saturated carbocycles. The Hall–Kier alpha value is -2.20. The number of rotatable bonds is 2. The molecule has 0 aliphatic heterocycles. The van der Waals surface area contributed by atoms with Crippen LogP contribution in [0.4, 0.5) is 0 Å². The van der Waals surface area contributed by atoms with Gasteiger partial charge in [0.05, 0.1) is 5.39 Å². The number of hydrogen-bond acceptors (Lipinski definition) is 4. The third-order valence-electron chi connectivity index (χ3n) is 2.71. The van der Waals surface area contributed by atoms with E-state index in [-0.39, 0.29) is 11.5 Å². The molecule has 3 rings (SSSR count). The molecule has 0 radical (unpaired) electrons. The maximum Gasteiger partial charge on any atom is 0.206 e. The van der Waals surface area contributed by atoms with Crippen molar-refractivity contribution >= 4 is 27.2 Å². The number of hydrogen-bond donors (Lipinski definition) is 1. The summed E-state index contributed by atoms with van der Waals surface area (Å²) in [5.74, 6) is -0.133. The zero-order chi connectivity index (χ0) is 12.5. The summed E-state index contributed by atoms with van der Waals surface area (Å²) in [6, 6.07) is 10.7. The van der Waals surface area contributed by atoms with Gasteiger partial charge in [-0.25, -0.2) is 0 Å². The summed E-state index contributed by atoms with van der Waals surface area (Å²) < 4.78 is 0.863. The number of benzene rings is 1. The van der Waals surface area contributed by atoms with Crippen LogP contribution in [0.1, 0.15) is 15.2 Å². The van der Waals surface area contributed by atoms with Gasteiger partial charge in [-0.05, 0) is 6.07 Å². The van der Waals surface area contributed by atoms with Crippen LogP contribution in [0.15, 0.2) is 48.8 Å². The van der Waals surface area contributed by atoms with Crippen LogP contribution in [0.3, 0.4) is 0 Å². The minimum absolute atomic E-state index is 0.0250. The molecule has 3 nitrogen and oxygen atoms in total. The maximum absolute atomic E-state index is 12.3. The lowest BCUT2D eigenvalue weighted by Crippen LogP contribution is -1.97. The standard InChI is InChI=1S/C14H9NO2S/c16-12(9-4-2-1-3-5-9)14-13(17)10-8-15-7-6-11(10)18-14/h1-8,17H. The minimum atomic E-state index is -0.158. The maximum atomic E-state index is 12.3. The highest BCUT2D eigenvalue weighted by Crippen LogP contribution is 2.37. The first-order valence-corrected chi connectivity index (χ1v) is 6.24. The number of nitrogens with zero attached hydrogens (tertiary/aromatic N) is 1. The largest absolute Gasteiger partial charge is 0.506 e. The van der Waals surface area contributed by atoms with Crippen molar-refractivity contribution in [2.45, 2.75) is 0 Å². The molecule has 0 amide bonds. The highest BCUT2D eigenvalue weighted by Gasteiger charge is 2.18. The van der Waals surface area contributed by atoms with E-state index in [0.29, 0.717) is 15.8 Å². The highest BCUT2D eigenvalue weighted by molar-refractivity contribution is 7.21. The number of pyridine rings is 1. The Balaban J connectivity index is 2.15. The molecule has 3 aromatic rings. The second kappa shape index (κ2) is 4.23. The van der Waals surface area contributed by atoms with Crippen LogP contribution >= 0.6 is 11.3 Å². The summed E-state index contributed by atoms with van der Waals surface area (Å²) in [6.07, 6.45) is 3.22. The van der Waals surface area contributed by atoms with Gasteiger partial charge in [0.25, 0.3) is 0 Å². The van der Waals surface area contributed by atoms with Gasteiger partial charge in [0, 0.05) is 22.7 Å². The van der Waals surface area contributed by atoms with Crippen molar-refractivity contribution in [1.82, 2.24) is 4.98 Å². The number of carbonyl (C=O) groups excluding carboxylic acids is 1. The van der Waals surface area contributed by atoms with E-state index in [1.807, 2.05) is 6.07 Å². The number of ketones is 1. The molecule has 0 bridgehead atoms. The first-order chi connectivity index (χ1) is 8.77. The molecule has 0 aliphatic carbocycles. The number of aromatic hydroxyl groups is 1. The summed E-state index contributed by atoms with van der Waals surface area (Å²) in [4.78, 5) is 16.6. The van der Waals surface area contributed by atoms with Crippen LogP contribution in [0.5, 0.6) is 5.75 Å². The van der Waals surface area contributed by atoms with E-state index >= 15 is 0 Å². The van der Waals surface area contributed by atoms with Crippen LogP contribution in [0, 0.1) is 0 Å². The van der Waals surface area contributed by atoms with E-state index < -0.39 is 0 Å². The first kappa shape index (κ1) is 10.9. The lowest BCUT2D eigenvalue weighted by molar-refractivity contribution is 0.104. The molecule has 0 spiro atoms. The van der Waals surface area contributed by atoms with Gasteiger partial charge in [0.1, 0.15) is 10.6 Å². The van der Waals surface area contributed by atoms with E-state index in [9.17, 15) is 9.90 Å². The average Bonchev–Trinajstić information content (AvgIpc) is 2.77. The van der Waals surface area contributed by atoms with Crippen molar-refractivity contribution in [3.8, 4) is 5.75 Å². The predicted molar refractivity (Wildman–Crippen MR) is 71.2 cm³/mol. The van der Waals surface area contributed by atoms with Crippen molar-refractivity contribution in [1.29, 1.82) is 0 Å². The lowest BCUT2D eigenvalue weighted by Gasteiger charge is -1.98. The molecule has 1 aromatic carbocycles. The molecule has 0 saturated heterocycles. The summed E-state index contributed by atoms with van der Waals surface area (Å²) in [6.45, 7) is 0. The molecule has 0 atom stereocenters. The Morgan fingerprint density at radius 1 is 1.17 bits per heavy atom. The van der Waals surface area contributed by atoms with Crippen molar-refractivity contribution in [2.75, 3.05) is 0 Å². The van der Waals surface area contributed by atoms with Crippen molar-refractivity contribution < 1.29 is 9.90 Å². The Labute approximate surface area is 107 Å². The zero-order valence-electron chi connectivity index (χ0n) is 9.33. The van der Waals surface area contributed by atoms with E-state index in [0.717, 1.165) is 4.70 Å². The fourth-order valence-electron chi connectivity index (χ4n) is 1.80. The average molecular weight is 255 g/mol. The van der Waals surface area contributed by atoms with Crippen molar-refractivity contribution in [3.05, 3.63) is 59.2 Å². The molecule has 2 aromatic heterocycles. The second-order valence-corrected chi connectivity index (χ2v) is 4.90. The number of aromatic nitrogens is 1. The summed E-state index contributed by atoms with van der Waals surface area (Å²) >= 11 is 1.29. The lowest BCUT2D eigenvalue weighted by atomic mass is 10.1. The Kier molecular flexibility index (Phi) is 2.57. The minimum Gasteiger partial charge on any atom is -0.506 e. The van der Waals surface area contributed by atoms with Crippen molar-refractivity contribution in [3.63, 3.8) is 0 Å². The number of fused-ring (bicyclic) bond motifs is 1. The Morgan fingerprint density at radius 2 is 1.94 bits per heavy atom. The highest BCUT2D eigenvalue weighted by atomic mass is 32.1. The van der Waals surface area contributed by atoms with Crippen LogP contribution < -0.4 is 0 Å². The van der Waals surface area contributed by atoms with Crippen LogP contribution in [0.2, 0.25) is 0 Å².